The van der Waals surface area contributed by atoms with E-state index in [2.05, 4.69) is 6.58 Å². The van der Waals surface area contributed by atoms with Crippen LogP contribution < -0.4 is 0 Å². The van der Waals surface area contributed by atoms with Gasteiger partial charge in [-0.25, -0.2) is 4.79 Å². The van der Waals surface area contributed by atoms with E-state index in [9.17, 15) is 14.7 Å². The number of carbonyl (C=O) groups excluding carboxylic acids is 2. The highest BCUT2D eigenvalue weighted by Gasteiger charge is 2.60. The number of fused-ring (bicyclic) bond motifs is 1. The van der Waals surface area contributed by atoms with E-state index in [1.54, 1.807) is 6.92 Å². The Labute approximate surface area is 152 Å². The molecular formula is C18H25NO5S. The Morgan fingerprint density at radius 2 is 2.32 bits per heavy atom. The predicted octanol–water partition coefficient (Wildman–Crippen LogP) is 2.04. The molecule has 0 spiro atoms. The molecule has 1 N–H and O–H groups in total. The van der Waals surface area contributed by atoms with E-state index in [0.717, 1.165) is 30.8 Å². The van der Waals surface area contributed by atoms with Crippen molar-refractivity contribution in [2.45, 2.75) is 50.7 Å². The number of nitrogens with zero attached hydrogens (tertiary/aromatic N) is 1. The number of rotatable bonds is 6. The summed E-state index contributed by atoms with van der Waals surface area (Å²) >= 11 is 1.52. The van der Waals surface area contributed by atoms with Gasteiger partial charge < -0.3 is 19.5 Å². The van der Waals surface area contributed by atoms with Crippen LogP contribution >= 0.6 is 11.8 Å². The van der Waals surface area contributed by atoms with Crippen LogP contribution in [0.4, 0.5) is 0 Å². The molecule has 138 valence electrons. The molecule has 0 aromatic carbocycles. The highest BCUT2D eigenvalue weighted by Crippen LogP contribution is 2.52. The molecule has 5 atom stereocenters. The fraction of sp³-hybridized carbons (Fsp3) is 0.667. The molecule has 0 saturated carbocycles. The molecule has 1 amide bonds. The summed E-state index contributed by atoms with van der Waals surface area (Å²) in [5, 5.41) is 9.95. The van der Waals surface area contributed by atoms with Crippen molar-refractivity contribution < 1.29 is 24.2 Å². The van der Waals surface area contributed by atoms with Gasteiger partial charge in [0.25, 0.3) is 0 Å². The number of aliphatic hydroxyl groups is 1. The number of β-lactam (4-membered cyclic amide) rings is 1. The summed E-state index contributed by atoms with van der Waals surface area (Å²) in [7, 11) is 0. The zero-order valence-electron chi connectivity index (χ0n) is 14.6. The maximum absolute atomic E-state index is 12.6. The second-order valence-corrected chi connectivity index (χ2v) is 7.97. The van der Waals surface area contributed by atoms with E-state index in [0.29, 0.717) is 5.70 Å². The fourth-order valence-corrected chi connectivity index (χ4v) is 5.20. The molecule has 1 unspecified atom stereocenters. The minimum Gasteiger partial charge on any atom is -0.457 e. The summed E-state index contributed by atoms with van der Waals surface area (Å²) in [4.78, 5) is 27.4. The lowest BCUT2D eigenvalue weighted by atomic mass is 9.79. The molecule has 7 heteroatoms. The molecule has 0 aromatic heterocycles. The normalized spacial score (nSPS) is 32.9. The quantitative estimate of drug-likeness (QED) is 0.440. The Bertz CT molecular complexity index is 596. The summed E-state index contributed by atoms with van der Waals surface area (Å²) in [6.07, 6.45) is 3.84. The Kier molecular flexibility index (Phi) is 5.55. The van der Waals surface area contributed by atoms with Crippen LogP contribution in [-0.2, 0) is 19.1 Å². The predicted molar refractivity (Wildman–Crippen MR) is 94.3 cm³/mol. The maximum atomic E-state index is 12.6. The van der Waals surface area contributed by atoms with Crippen molar-refractivity contribution in [3.8, 4) is 0 Å². The molecule has 2 fully saturated rings. The molecule has 0 bridgehead atoms. The third kappa shape index (κ3) is 3.25. The first-order valence-corrected chi connectivity index (χ1v) is 9.67. The van der Waals surface area contributed by atoms with Crippen molar-refractivity contribution in [3.05, 3.63) is 23.3 Å². The van der Waals surface area contributed by atoms with Gasteiger partial charge in [0.05, 0.1) is 18.1 Å². The van der Waals surface area contributed by atoms with E-state index >= 15 is 0 Å². The van der Waals surface area contributed by atoms with Crippen LogP contribution in [0.15, 0.2) is 23.3 Å². The highest BCUT2D eigenvalue weighted by molar-refractivity contribution is 8.03. The van der Waals surface area contributed by atoms with Crippen molar-refractivity contribution in [1.29, 1.82) is 0 Å². The van der Waals surface area contributed by atoms with Gasteiger partial charge in [-0.05, 0) is 26.2 Å². The molecule has 3 aliphatic rings. The summed E-state index contributed by atoms with van der Waals surface area (Å²) < 4.78 is 11.0. The molecule has 25 heavy (non-hydrogen) atoms. The minimum absolute atomic E-state index is 0.00722. The molecule has 2 saturated heterocycles. The van der Waals surface area contributed by atoms with Gasteiger partial charge >= 0.3 is 5.97 Å². The monoisotopic (exact) mass is 367 g/mol. The Balaban J connectivity index is 1.88. The van der Waals surface area contributed by atoms with Gasteiger partial charge in [0, 0.05) is 17.4 Å². The van der Waals surface area contributed by atoms with Crippen molar-refractivity contribution in [3.63, 3.8) is 0 Å². The average Bonchev–Trinajstić information content (AvgIpc) is 2.82. The number of thioether (sulfide) groups is 1. The van der Waals surface area contributed by atoms with Gasteiger partial charge in [-0.2, -0.15) is 0 Å². The molecule has 0 aliphatic carbocycles. The van der Waals surface area contributed by atoms with Crippen LogP contribution in [0.1, 0.15) is 33.1 Å². The molecule has 0 aromatic rings. The lowest BCUT2D eigenvalue weighted by Gasteiger charge is -2.46. The topological polar surface area (TPSA) is 76.1 Å². The van der Waals surface area contributed by atoms with E-state index in [1.165, 1.54) is 22.7 Å². The number of esters is 1. The SMILES string of the molecule is C=CCOC(=O)C1=C(SC2CCCCO2)[C@H](C)[C@@H]2[C@@H]([C@@H](C)O)C(=O)N12. The van der Waals surface area contributed by atoms with Crippen LogP contribution in [0.3, 0.4) is 0 Å². The van der Waals surface area contributed by atoms with E-state index in [4.69, 9.17) is 9.47 Å². The summed E-state index contributed by atoms with van der Waals surface area (Å²) in [5.41, 5.74) is 0.313. The van der Waals surface area contributed by atoms with Gasteiger partial charge in [0.1, 0.15) is 17.7 Å². The van der Waals surface area contributed by atoms with Crippen LogP contribution in [-0.4, -0.2) is 52.7 Å². The number of amides is 1. The number of carbonyl (C=O) groups is 2. The second-order valence-electron chi connectivity index (χ2n) is 6.77. The van der Waals surface area contributed by atoms with E-state index in [-0.39, 0.29) is 29.9 Å². The van der Waals surface area contributed by atoms with Gasteiger partial charge in [0.15, 0.2) is 0 Å². The third-order valence-corrected chi connectivity index (χ3v) is 6.48. The zero-order chi connectivity index (χ0) is 18.1. The maximum Gasteiger partial charge on any atom is 0.356 e. The number of hydrogen-bond donors (Lipinski definition) is 1. The van der Waals surface area contributed by atoms with Gasteiger partial charge in [-0.15, -0.1) is 0 Å². The first-order valence-electron chi connectivity index (χ1n) is 8.79. The third-order valence-electron chi connectivity index (χ3n) is 5.03. The van der Waals surface area contributed by atoms with Crippen LogP contribution in [0.25, 0.3) is 0 Å². The number of hydrogen-bond acceptors (Lipinski definition) is 6. The van der Waals surface area contributed by atoms with E-state index < -0.39 is 18.0 Å². The summed E-state index contributed by atoms with van der Waals surface area (Å²) in [6.45, 7) is 7.99. The number of aliphatic hydroxyl groups excluding tert-OH is 1. The van der Waals surface area contributed by atoms with Crippen molar-refractivity contribution in [2.75, 3.05) is 13.2 Å². The lowest BCUT2D eigenvalue weighted by Crippen LogP contribution is -2.63. The van der Waals surface area contributed by atoms with Gasteiger partial charge in [0.2, 0.25) is 5.91 Å². The van der Waals surface area contributed by atoms with Crippen molar-refractivity contribution in [2.24, 2.45) is 11.8 Å². The first kappa shape index (κ1) is 18.5. The highest BCUT2D eigenvalue weighted by atomic mass is 32.2. The van der Waals surface area contributed by atoms with Crippen LogP contribution in [0.2, 0.25) is 0 Å². The Hall–Kier alpha value is -1.31. The molecule has 3 aliphatic heterocycles. The summed E-state index contributed by atoms with van der Waals surface area (Å²) in [5.74, 6) is -1.22. The molecule has 3 heterocycles. The fourth-order valence-electron chi connectivity index (χ4n) is 3.82. The minimum atomic E-state index is -0.739. The van der Waals surface area contributed by atoms with Crippen molar-refractivity contribution in [1.82, 2.24) is 4.90 Å². The van der Waals surface area contributed by atoms with Gasteiger partial charge in [-0.1, -0.05) is 31.3 Å². The standard InChI is InChI=1S/C18H25NO5S/c1-4-8-24-18(22)15-16(25-12-7-5-6-9-23-12)10(2)14-13(11(3)20)17(21)19(14)15/h4,10-14,20H,1,5-9H2,2-3H3/t10-,11-,12?,13-,14-/m1/s1. The molecular weight excluding hydrogens is 342 g/mol. The zero-order valence-corrected chi connectivity index (χ0v) is 15.5. The first-order chi connectivity index (χ1) is 12.0. The van der Waals surface area contributed by atoms with Crippen LogP contribution in [0.5, 0.6) is 0 Å². The second kappa shape index (κ2) is 7.51. The molecule has 0 radical (unpaired) electrons. The molecule has 6 nitrogen and oxygen atoms in total. The Morgan fingerprint density at radius 1 is 1.56 bits per heavy atom. The van der Waals surface area contributed by atoms with E-state index in [1.807, 2.05) is 6.92 Å². The number of ether oxygens (including phenoxy) is 2. The smallest absolute Gasteiger partial charge is 0.356 e. The van der Waals surface area contributed by atoms with Crippen molar-refractivity contribution >= 4 is 23.6 Å². The van der Waals surface area contributed by atoms with Gasteiger partial charge in [-0.3, -0.25) is 4.79 Å². The lowest BCUT2D eigenvalue weighted by molar-refractivity contribution is -0.164. The Morgan fingerprint density at radius 3 is 2.92 bits per heavy atom. The summed E-state index contributed by atoms with van der Waals surface area (Å²) in [6, 6.07) is -0.190. The average molecular weight is 367 g/mol. The van der Waals surface area contributed by atoms with Crippen LogP contribution in [0, 0.1) is 11.8 Å². The molecule has 3 rings (SSSR count). The largest absolute Gasteiger partial charge is 0.457 e.